The molecule has 0 saturated heterocycles. The second kappa shape index (κ2) is 5.25. The van der Waals surface area contributed by atoms with Gasteiger partial charge in [0.1, 0.15) is 17.1 Å². The second-order valence-electron chi connectivity index (χ2n) is 4.52. The van der Waals surface area contributed by atoms with Crippen molar-refractivity contribution >= 4 is 0 Å². The predicted molar refractivity (Wildman–Crippen MR) is 78.5 cm³/mol. The summed E-state index contributed by atoms with van der Waals surface area (Å²) >= 11 is 0. The Morgan fingerprint density at radius 1 is 0.773 bits per heavy atom. The summed E-state index contributed by atoms with van der Waals surface area (Å²) in [7, 11) is 0. The largest absolute Gasteiger partial charge is 0.442 e. The van der Waals surface area contributed by atoms with Gasteiger partial charge in [-0.3, -0.25) is 4.98 Å². The van der Waals surface area contributed by atoms with Crippen LogP contribution in [0, 0.1) is 0 Å². The van der Waals surface area contributed by atoms with Crippen LogP contribution in [0.3, 0.4) is 0 Å². The minimum Gasteiger partial charge on any atom is -0.442 e. The molecule has 0 aromatic carbocycles. The smallest absolute Gasteiger partial charge is 0.245 e. The molecule has 0 bridgehead atoms. The molecule has 0 N–H and O–H groups in total. The maximum Gasteiger partial charge on any atom is 0.245 e. The highest BCUT2D eigenvalue weighted by Gasteiger charge is 2.12. The van der Waals surface area contributed by atoms with Gasteiger partial charge in [0.25, 0.3) is 0 Å². The molecule has 0 saturated carbocycles. The zero-order valence-electron chi connectivity index (χ0n) is 11.4. The monoisotopic (exact) mass is 290 g/mol. The van der Waals surface area contributed by atoms with E-state index in [2.05, 4.69) is 19.9 Å². The molecule has 6 heteroatoms. The number of pyridine rings is 2. The Bertz CT molecular complexity index is 885. The van der Waals surface area contributed by atoms with Gasteiger partial charge in [-0.05, 0) is 24.3 Å². The van der Waals surface area contributed by atoms with Crippen molar-refractivity contribution in [2.75, 3.05) is 0 Å². The van der Waals surface area contributed by atoms with Crippen LogP contribution in [0.5, 0.6) is 0 Å². The first-order valence-electron chi connectivity index (χ1n) is 6.64. The van der Waals surface area contributed by atoms with E-state index in [0.29, 0.717) is 28.8 Å². The summed E-state index contributed by atoms with van der Waals surface area (Å²) in [6.45, 7) is 0. The fraction of sp³-hybridized carbons (Fsp3) is 0. The van der Waals surface area contributed by atoms with Gasteiger partial charge in [0.15, 0.2) is 17.9 Å². The van der Waals surface area contributed by atoms with Crippen LogP contribution in [0.2, 0.25) is 0 Å². The zero-order valence-corrected chi connectivity index (χ0v) is 11.4. The fourth-order valence-corrected chi connectivity index (χ4v) is 2.05. The SMILES string of the molecule is c1ccc(-c2cnc(-c3cccc(-c4cnco4)n3)o2)nc1. The van der Waals surface area contributed by atoms with Crippen LogP contribution in [-0.4, -0.2) is 19.9 Å². The first-order valence-corrected chi connectivity index (χ1v) is 6.64. The van der Waals surface area contributed by atoms with Gasteiger partial charge in [-0.2, -0.15) is 0 Å². The highest BCUT2D eigenvalue weighted by Crippen LogP contribution is 2.25. The molecule has 0 radical (unpaired) electrons. The van der Waals surface area contributed by atoms with E-state index in [0.717, 1.165) is 5.69 Å². The van der Waals surface area contributed by atoms with E-state index in [9.17, 15) is 0 Å². The third-order valence-corrected chi connectivity index (χ3v) is 3.08. The molecule has 4 aromatic heterocycles. The average molecular weight is 290 g/mol. The van der Waals surface area contributed by atoms with Crippen molar-refractivity contribution in [3.05, 3.63) is 61.4 Å². The van der Waals surface area contributed by atoms with E-state index in [1.807, 2.05) is 36.4 Å². The van der Waals surface area contributed by atoms with Gasteiger partial charge in [0, 0.05) is 6.20 Å². The molecule has 4 aromatic rings. The standard InChI is InChI=1S/C16H10N4O2/c1-2-7-18-11(4-1)15-9-19-16(22-15)13-6-3-5-12(20-13)14-8-17-10-21-14/h1-10H. The molecule has 4 rings (SSSR count). The lowest BCUT2D eigenvalue weighted by atomic mass is 10.2. The number of aromatic nitrogens is 4. The molecule has 0 aliphatic heterocycles. The molecule has 0 aliphatic carbocycles. The maximum absolute atomic E-state index is 5.75. The van der Waals surface area contributed by atoms with Crippen molar-refractivity contribution in [1.82, 2.24) is 19.9 Å². The number of hydrogen-bond donors (Lipinski definition) is 0. The normalized spacial score (nSPS) is 10.7. The van der Waals surface area contributed by atoms with Crippen LogP contribution >= 0.6 is 0 Å². The molecule has 0 atom stereocenters. The van der Waals surface area contributed by atoms with E-state index >= 15 is 0 Å². The Hall–Kier alpha value is -3.28. The maximum atomic E-state index is 5.75. The van der Waals surface area contributed by atoms with E-state index in [-0.39, 0.29) is 0 Å². The van der Waals surface area contributed by atoms with Crippen molar-refractivity contribution in [2.24, 2.45) is 0 Å². The molecular weight excluding hydrogens is 280 g/mol. The summed E-state index contributed by atoms with van der Waals surface area (Å²) in [6, 6.07) is 11.1. The molecule has 0 fully saturated rings. The quantitative estimate of drug-likeness (QED) is 0.575. The van der Waals surface area contributed by atoms with Crippen LogP contribution in [-0.2, 0) is 0 Å². The Labute approximate surface area is 125 Å². The van der Waals surface area contributed by atoms with E-state index in [1.54, 1.807) is 18.6 Å². The van der Waals surface area contributed by atoms with Crippen molar-refractivity contribution in [3.63, 3.8) is 0 Å². The molecule has 4 heterocycles. The van der Waals surface area contributed by atoms with Crippen LogP contribution in [0.4, 0.5) is 0 Å². The van der Waals surface area contributed by atoms with Crippen molar-refractivity contribution in [1.29, 1.82) is 0 Å². The third kappa shape index (κ3) is 2.26. The van der Waals surface area contributed by atoms with Gasteiger partial charge >= 0.3 is 0 Å². The Morgan fingerprint density at radius 3 is 2.50 bits per heavy atom. The topological polar surface area (TPSA) is 77.8 Å². The van der Waals surface area contributed by atoms with Gasteiger partial charge in [0.05, 0.1) is 12.4 Å². The number of hydrogen-bond acceptors (Lipinski definition) is 6. The van der Waals surface area contributed by atoms with E-state index in [4.69, 9.17) is 8.83 Å². The van der Waals surface area contributed by atoms with Crippen LogP contribution in [0.15, 0.2) is 70.2 Å². The van der Waals surface area contributed by atoms with Gasteiger partial charge < -0.3 is 8.83 Å². The van der Waals surface area contributed by atoms with Crippen molar-refractivity contribution in [3.8, 4) is 34.5 Å². The fourth-order valence-electron chi connectivity index (χ4n) is 2.05. The summed E-state index contributed by atoms with van der Waals surface area (Å²) in [4.78, 5) is 16.9. The van der Waals surface area contributed by atoms with Gasteiger partial charge in [-0.1, -0.05) is 12.1 Å². The average Bonchev–Trinajstić information content (AvgIpc) is 3.28. The number of nitrogens with zero attached hydrogens (tertiary/aromatic N) is 4. The van der Waals surface area contributed by atoms with Gasteiger partial charge in [0.2, 0.25) is 5.89 Å². The third-order valence-electron chi connectivity index (χ3n) is 3.08. The Kier molecular flexibility index (Phi) is 2.97. The van der Waals surface area contributed by atoms with E-state index in [1.165, 1.54) is 6.39 Å². The minimum absolute atomic E-state index is 0.432. The Morgan fingerprint density at radius 2 is 1.68 bits per heavy atom. The van der Waals surface area contributed by atoms with E-state index < -0.39 is 0 Å². The molecular formula is C16H10N4O2. The van der Waals surface area contributed by atoms with Crippen molar-refractivity contribution in [2.45, 2.75) is 0 Å². The molecule has 0 amide bonds. The minimum atomic E-state index is 0.432. The summed E-state index contributed by atoms with van der Waals surface area (Å²) in [5.74, 6) is 1.63. The lowest BCUT2D eigenvalue weighted by molar-refractivity contribution is 0.569. The molecule has 0 spiro atoms. The van der Waals surface area contributed by atoms with Crippen LogP contribution in [0.25, 0.3) is 34.5 Å². The highest BCUT2D eigenvalue weighted by atomic mass is 16.4. The predicted octanol–water partition coefficient (Wildman–Crippen LogP) is 3.45. The first kappa shape index (κ1) is 12.5. The number of rotatable bonds is 3. The number of oxazole rings is 2. The molecule has 106 valence electrons. The molecule has 0 aliphatic rings. The van der Waals surface area contributed by atoms with Crippen molar-refractivity contribution < 1.29 is 8.83 Å². The molecule has 22 heavy (non-hydrogen) atoms. The second-order valence-corrected chi connectivity index (χ2v) is 4.52. The first-order chi connectivity index (χ1) is 10.9. The molecule has 0 unspecified atom stereocenters. The van der Waals surface area contributed by atoms with Gasteiger partial charge in [-0.15, -0.1) is 0 Å². The lowest BCUT2D eigenvalue weighted by Crippen LogP contribution is -1.86. The van der Waals surface area contributed by atoms with Gasteiger partial charge in [-0.25, -0.2) is 15.0 Å². The van der Waals surface area contributed by atoms with Crippen LogP contribution < -0.4 is 0 Å². The summed E-state index contributed by atoms with van der Waals surface area (Å²) in [5, 5.41) is 0. The summed E-state index contributed by atoms with van der Waals surface area (Å²) in [5.41, 5.74) is 2.02. The Balaban J connectivity index is 1.71. The lowest BCUT2D eigenvalue weighted by Gasteiger charge is -1.98. The summed E-state index contributed by atoms with van der Waals surface area (Å²) in [6.07, 6.45) is 6.33. The summed E-state index contributed by atoms with van der Waals surface area (Å²) < 4.78 is 11.0. The highest BCUT2D eigenvalue weighted by molar-refractivity contribution is 5.59. The molecule has 6 nitrogen and oxygen atoms in total. The zero-order chi connectivity index (χ0) is 14.8. The van der Waals surface area contributed by atoms with Crippen LogP contribution in [0.1, 0.15) is 0 Å².